The number of aromatic nitrogens is 2. The maximum Gasteiger partial charge on any atom is 0.225 e. The van der Waals surface area contributed by atoms with Gasteiger partial charge in [-0.3, -0.25) is 0 Å². The Morgan fingerprint density at radius 1 is 0.900 bits per heavy atom. The van der Waals surface area contributed by atoms with Crippen molar-refractivity contribution in [2.75, 3.05) is 64.1 Å². The van der Waals surface area contributed by atoms with E-state index < -0.39 is 0 Å². The van der Waals surface area contributed by atoms with E-state index in [0.29, 0.717) is 5.95 Å². The molecule has 2 aliphatic heterocycles. The Morgan fingerprint density at radius 3 is 2.13 bits per heavy atom. The zero-order valence-electron chi connectivity index (χ0n) is 18.5. The fraction of sp³-hybridized carbons (Fsp3) is 0.636. The largest absolute Gasteiger partial charge is 0.373 e. The van der Waals surface area contributed by atoms with Crippen LogP contribution in [0.3, 0.4) is 0 Å². The Balaban J connectivity index is 1.53. The van der Waals surface area contributed by atoms with Crippen LogP contribution in [-0.4, -0.2) is 97.5 Å². The smallest absolute Gasteiger partial charge is 0.225 e. The van der Waals surface area contributed by atoms with Gasteiger partial charge < -0.3 is 29.9 Å². The van der Waals surface area contributed by atoms with Crippen molar-refractivity contribution in [3.8, 4) is 0 Å². The molecule has 2 aromatic rings. The lowest BCUT2D eigenvalue weighted by atomic mass is 10.1. The highest BCUT2D eigenvalue weighted by Gasteiger charge is 2.26. The van der Waals surface area contributed by atoms with E-state index in [1.807, 2.05) is 18.2 Å². The van der Waals surface area contributed by atoms with Crippen molar-refractivity contribution in [2.24, 2.45) is 0 Å². The maximum absolute atomic E-state index is 5.99. The molecule has 2 saturated heterocycles. The molecule has 4 rings (SSSR count). The molecule has 3 heterocycles. The van der Waals surface area contributed by atoms with Gasteiger partial charge in [-0.25, -0.2) is 4.98 Å². The number of nitrogens with one attached hydrogen (secondary N) is 2. The number of ether oxygens (including phenoxy) is 2. The lowest BCUT2D eigenvalue weighted by Gasteiger charge is -2.34. The molecular formula is C22H34N6O2. The monoisotopic (exact) mass is 414 g/mol. The molecule has 1 aromatic carbocycles. The van der Waals surface area contributed by atoms with Crippen LogP contribution in [0.15, 0.2) is 24.3 Å². The van der Waals surface area contributed by atoms with Crippen molar-refractivity contribution < 1.29 is 9.47 Å². The third-order valence-electron chi connectivity index (χ3n) is 6.03. The van der Waals surface area contributed by atoms with Crippen LogP contribution in [0, 0.1) is 0 Å². The summed E-state index contributed by atoms with van der Waals surface area (Å²) < 4.78 is 12.0. The van der Waals surface area contributed by atoms with Crippen LogP contribution >= 0.6 is 0 Å². The first-order valence-electron chi connectivity index (χ1n) is 10.9. The van der Waals surface area contributed by atoms with E-state index in [1.165, 1.54) is 0 Å². The van der Waals surface area contributed by atoms with Crippen LogP contribution in [0.4, 0.5) is 11.8 Å². The minimum absolute atomic E-state index is 0.106. The van der Waals surface area contributed by atoms with Gasteiger partial charge in [0.25, 0.3) is 0 Å². The molecule has 4 unspecified atom stereocenters. The Bertz CT molecular complexity index is 849. The molecule has 164 valence electrons. The SMILES string of the molecule is CC(Nc1nc(NC(C)C2CN(C)CCO2)c2ccccc2n1)C1CN(C)CCO1. The van der Waals surface area contributed by atoms with Gasteiger partial charge in [0.05, 0.1) is 43.0 Å². The Labute approximate surface area is 178 Å². The standard InChI is InChI=1S/C22H34N6O2/c1-15(19-13-27(3)9-11-29-19)23-21-17-7-5-6-8-18(17)25-22(26-21)24-16(2)20-14-28(4)10-12-30-20/h5-8,15-16,19-20H,9-14H2,1-4H3,(H2,23,24,25,26). The zero-order valence-corrected chi connectivity index (χ0v) is 18.5. The first-order chi connectivity index (χ1) is 14.5. The molecule has 0 aliphatic carbocycles. The zero-order chi connectivity index (χ0) is 21.1. The molecule has 0 spiro atoms. The van der Waals surface area contributed by atoms with Crippen LogP contribution in [0.25, 0.3) is 10.9 Å². The molecule has 2 aliphatic rings. The second-order valence-electron chi connectivity index (χ2n) is 8.62. The number of para-hydroxylation sites is 1. The van der Waals surface area contributed by atoms with Crippen molar-refractivity contribution in [1.29, 1.82) is 0 Å². The number of morpholine rings is 2. The highest BCUT2D eigenvalue weighted by molar-refractivity contribution is 5.90. The fourth-order valence-electron chi connectivity index (χ4n) is 4.08. The highest BCUT2D eigenvalue weighted by Crippen LogP contribution is 2.24. The molecule has 8 nitrogen and oxygen atoms in total. The Morgan fingerprint density at radius 2 is 1.50 bits per heavy atom. The average molecular weight is 415 g/mol. The van der Waals surface area contributed by atoms with E-state index in [9.17, 15) is 0 Å². The fourth-order valence-corrected chi connectivity index (χ4v) is 4.08. The van der Waals surface area contributed by atoms with Crippen LogP contribution in [0.1, 0.15) is 13.8 Å². The minimum Gasteiger partial charge on any atom is -0.373 e. The van der Waals surface area contributed by atoms with Gasteiger partial charge in [-0.15, -0.1) is 0 Å². The van der Waals surface area contributed by atoms with Crippen LogP contribution in [-0.2, 0) is 9.47 Å². The number of hydrogen-bond donors (Lipinski definition) is 2. The number of fused-ring (bicyclic) bond motifs is 1. The molecular weight excluding hydrogens is 380 g/mol. The molecule has 0 amide bonds. The van der Waals surface area contributed by atoms with Gasteiger partial charge in [0.2, 0.25) is 5.95 Å². The lowest BCUT2D eigenvalue weighted by molar-refractivity contribution is -0.0260. The predicted molar refractivity (Wildman–Crippen MR) is 120 cm³/mol. The summed E-state index contributed by atoms with van der Waals surface area (Å²) in [6.45, 7) is 9.56. The van der Waals surface area contributed by atoms with E-state index in [2.05, 4.69) is 54.4 Å². The van der Waals surface area contributed by atoms with E-state index in [1.54, 1.807) is 0 Å². The van der Waals surface area contributed by atoms with Crippen molar-refractivity contribution >= 4 is 22.7 Å². The first-order valence-corrected chi connectivity index (χ1v) is 10.9. The molecule has 8 heteroatoms. The van der Waals surface area contributed by atoms with Crippen molar-refractivity contribution in [2.45, 2.75) is 38.1 Å². The molecule has 2 fully saturated rings. The van der Waals surface area contributed by atoms with Crippen molar-refractivity contribution in [1.82, 2.24) is 19.8 Å². The molecule has 0 radical (unpaired) electrons. The number of anilines is 2. The predicted octanol–water partition coefficient (Wildman–Crippen LogP) is 1.89. The number of hydrogen-bond acceptors (Lipinski definition) is 8. The summed E-state index contributed by atoms with van der Waals surface area (Å²) in [7, 11) is 4.26. The summed E-state index contributed by atoms with van der Waals surface area (Å²) in [4.78, 5) is 14.2. The molecule has 30 heavy (non-hydrogen) atoms. The summed E-state index contributed by atoms with van der Waals surface area (Å²) in [6, 6.07) is 8.35. The van der Waals surface area contributed by atoms with E-state index in [0.717, 1.165) is 56.1 Å². The van der Waals surface area contributed by atoms with E-state index >= 15 is 0 Å². The second kappa shape index (κ2) is 9.43. The normalized spacial score (nSPS) is 25.7. The summed E-state index contributed by atoms with van der Waals surface area (Å²) in [6.07, 6.45) is 0.235. The summed E-state index contributed by atoms with van der Waals surface area (Å²) in [5.74, 6) is 1.45. The third kappa shape index (κ3) is 5.00. The van der Waals surface area contributed by atoms with E-state index in [-0.39, 0.29) is 24.3 Å². The van der Waals surface area contributed by atoms with Gasteiger partial charge in [-0.1, -0.05) is 12.1 Å². The van der Waals surface area contributed by atoms with Crippen LogP contribution in [0.2, 0.25) is 0 Å². The summed E-state index contributed by atoms with van der Waals surface area (Å²) in [5.41, 5.74) is 0.917. The van der Waals surface area contributed by atoms with Crippen molar-refractivity contribution in [3.63, 3.8) is 0 Å². The van der Waals surface area contributed by atoms with Gasteiger partial charge in [-0.2, -0.15) is 4.98 Å². The molecule has 0 bridgehead atoms. The van der Waals surface area contributed by atoms with Gasteiger partial charge in [0.15, 0.2) is 0 Å². The third-order valence-corrected chi connectivity index (χ3v) is 6.03. The minimum atomic E-state index is 0.106. The lowest BCUT2D eigenvalue weighted by Crippen LogP contribution is -2.48. The highest BCUT2D eigenvalue weighted by atomic mass is 16.5. The second-order valence-corrected chi connectivity index (χ2v) is 8.62. The van der Waals surface area contributed by atoms with Gasteiger partial charge in [-0.05, 0) is 40.1 Å². The average Bonchev–Trinajstić information content (AvgIpc) is 2.73. The summed E-state index contributed by atoms with van der Waals surface area (Å²) in [5, 5.41) is 8.08. The molecule has 0 saturated carbocycles. The molecule has 4 atom stereocenters. The van der Waals surface area contributed by atoms with Gasteiger partial charge in [0, 0.05) is 31.6 Å². The molecule has 2 N–H and O–H groups in total. The summed E-state index contributed by atoms with van der Waals surface area (Å²) >= 11 is 0. The number of likely N-dealkylation sites (N-methyl/N-ethyl adjacent to an activating group) is 2. The van der Waals surface area contributed by atoms with Gasteiger partial charge in [0.1, 0.15) is 5.82 Å². The maximum atomic E-state index is 5.99. The Kier molecular flexibility index (Phi) is 6.67. The quantitative estimate of drug-likeness (QED) is 0.742. The van der Waals surface area contributed by atoms with Gasteiger partial charge >= 0.3 is 0 Å². The van der Waals surface area contributed by atoms with Crippen LogP contribution in [0.5, 0.6) is 0 Å². The van der Waals surface area contributed by atoms with E-state index in [4.69, 9.17) is 19.4 Å². The number of rotatable bonds is 6. The van der Waals surface area contributed by atoms with Crippen molar-refractivity contribution in [3.05, 3.63) is 24.3 Å². The topological polar surface area (TPSA) is 74.8 Å². The number of nitrogens with zero attached hydrogens (tertiary/aromatic N) is 4. The molecule has 1 aromatic heterocycles. The van der Waals surface area contributed by atoms with Crippen LogP contribution < -0.4 is 10.6 Å². The Hall–Kier alpha value is -2.00. The first kappa shape index (κ1) is 21.2. The number of benzene rings is 1.